The molecule has 0 aliphatic heterocycles. The van der Waals surface area contributed by atoms with Gasteiger partial charge < -0.3 is 9.84 Å². The molecule has 0 aromatic rings. The van der Waals surface area contributed by atoms with Gasteiger partial charge in [-0.2, -0.15) is 12.6 Å². The van der Waals surface area contributed by atoms with E-state index in [4.69, 9.17) is 5.11 Å². The first kappa shape index (κ1) is 7.78. The lowest BCUT2D eigenvalue weighted by Crippen LogP contribution is -2.14. The molecule has 1 N–H and O–H groups in total. The molecule has 0 spiro atoms. The zero-order valence-electron chi connectivity index (χ0n) is 4.50. The van der Waals surface area contributed by atoms with Gasteiger partial charge >= 0.3 is 5.97 Å². The maximum Gasteiger partial charge on any atom is 0.317 e. The lowest BCUT2D eigenvalue weighted by molar-refractivity contribution is -0.161. The van der Waals surface area contributed by atoms with Crippen molar-refractivity contribution in [2.75, 3.05) is 5.75 Å². The van der Waals surface area contributed by atoms with Crippen LogP contribution < -0.4 is 0 Å². The average Bonchev–Trinajstić information content (AvgIpc) is 1.65. The summed E-state index contributed by atoms with van der Waals surface area (Å²) in [7, 11) is 0. The van der Waals surface area contributed by atoms with Crippen molar-refractivity contribution in [3.63, 3.8) is 0 Å². The molecule has 0 rings (SSSR count). The minimum Gasteiger partial charge on any atom is -0.436 e. The molecule has 0 fully saturated rings. The Morgan fingerprint density at radius 3 is 2.62 bits per heavy atom. The Morgan fingerprint density at radius 2 is 2.50 bits per heavy atom. The average molecular weight is 136 g/mol. The zero-order chi connectivity index (χ0) is 6.57. The third-order valence-corrected chi connectivity index (χ3v) is 0.689. The van der Waals surface area contributed by atoms with E-state index in [2.05, 4.69) is 17.4 Å². The van der Waals surface area contributed by atoms with E-state index in [0.29, 0.717) is 0 Å². The van der Waals surface area contributed by atoms with Crippen LogP contribution in [0.3, 0.4) is 0 Å². The summed E-state index contributed by atoms with van der Waals surface area (Å²) in [5.41, 5.74) is 0. The van der Waals surface area contributed by atoms with Crippen molar-refractivity contribution in [2.24, 2.45) is 0 Å². The molecule has 4 heteroatoms. The number of esters is 1. The third-order valence-electron chi connectivity index (χ3n) is 0.431. The molecule has 0 saturated heterocycles. The number of carbonyl (C=O) groups excluding carboxylic acids is 1. The zero-order valence-corrected chi connectivity index (χ0v) is 5.39. The molecule has 48 valence electrons. The van der Waals surface area contributed by atoms with Gasteiger partial charge in [-0.3, -0.25) is 4.79 Å². The van der Waals surface area contributed by atoms with E-state index in [-0.39, 0.29) is 5.75 Å². The second-order valence-electron chi connectivity index (χ2n) is 1.25. The van der Waals surface area contributed by atoms with Crippen molar-refractivity contribution < 1.29 is 14.6 Å². The summed E-state index contributed by atoms with van der Waals surface area (Å²) in [5.74, 6) is -0.506. The molecule has 0 amide bonds. The van der Waals surface area contributed by atoms with Crippen molar-refractivity contribution in [3.8, 4) is 0 Å². The summed E-state index contributed by atoms with van der Waals surface area (Å²) in [4.78, 5) is 10.2. The standard InChI is InChI=1S/C4H8O3S/c1-3(5)7-4(6)2-8/h3,5,8H,2H2,1H3. The van der Waals surface area contributed by atoms with Crippen LogP contribution in [-0.4, -0.2) is 23.1 Å². The van der Waals surface area contributed by atoms with E-state index in [1.54, 1.807) is 0 Å². The number of hydrogen-bond acceptors (Lipinski definition) is 4. The number of aliphatic hydroxyl groups excluding tert-OH is 1. The van der Waals surface area contributed by atoms with Crippen LogP contribution in [0.15, 0.2) is 0 Å². The summed E-state index contributed by atoms with van der Waals surface area (Å²) in [5, 5.41) is 8.38. The van der Waals surface area contributed by atoms with Crippen LogP contribution >= 0.6 is 12.6 Å². The fourth-order valence-corrected chi connectivity index (χ4v) is 0.302. The smallest absolute Gasteiger partial charge is 0.317 e. The van der Waals surface area contributed by atoms with Gasteiger partial charge in [-0.25, -0.2) is 0 Å². The summed E-state index contributed by atoms with van der Waals surface area (Å²) in [6.45, 7) is 1.36. The number of rotatable bonds is 2. The number of ether oxygens (including phenoxy) is 1. The van der Waals surface area contributed by atoms with Gasteiger partial charge in [0.15, 0.2) is 6.29 Å². The van der Waals surface area contributed by atoms with Crippen LogP contribution in [0.25, 0.3) is 0 Å². The largest absolute Gasteiger partial charge is 0.436 e. The highest BCUT2D eigenvalue weighted by atomic mass is 32.1. The highest BCUT2D eigenvalue weighted by Crippen LogP contribution is 1.86. The van der Waals surface area contributed by atoms with Crippen LogP contribution in [-0.2, 0) is 9.53 Å². The molecule has 0 aliphatic carbocycles. The highest BCUT2D eigenvalue weighted by Gasteiger charge is 2.00. The van der Waals surface area contributed by atoms with E-state index in [0.717, 1.165) is 0 Å². The van der Waals surface area contributed by atoms with Crippen molar-refractivity contribution in [1.29, 1.82) is 0 Å². The number of aliphatic hydroxyl groups is 1. The van der Waals surface area contributed by atoms with Crippen LogP contribution in [0.2, 0.25) is 0 Å². The van der Waals surface area contributed by atoms with Gasteiger partial charge in [-0.1, -0.05) is 0 Å². The Morgan fingerprint density at radius 1 is 2.00 bits per heavy atom. The Balaban J connectivity index is 3.25. The Kier molecular flexibility index (Phi) is 3.64. The monoisotopic (exact) mass is 136 g/mol. The number of thiol groups is 1. The van der Waals surface area contributed by atoms with Crippen molar-refractivity contribution in [3.05, 3.63) is 0 Å². The SMILES string of the molecule is CC(O)OC(=O)CS. The predicted octanol–water partition coefficient (Wildman–Crippen LogP) is -0.202. The van der Waals surface area contributed by atoms with Gasteiger partial charge in [0.2, 0.25) is 0 Å². The molecular weight excluding hydrogens is 128 g/mol. The second-order valence-corrected chi connectivity index (χ2v) is 1.56. The summed E-state index contributed by atoms with van der Waals surface area (Å²) in [6.07, 6.45) is -1.02. The van der Waals surface area contributed by atoms with Gasteiger partial charge in [0, 0.05) is 0 Å². The van der Waals surface area contributed by atoms with Crippen molar-refractivity contribution in [2.45, 2.75) is 13.2 Å². The maximum absolute atomic E-state index is 10.2. The van der Waals surface area contributed by atoms with E-state index < -0.39 is 12.3 Å². The minimum absolute atomic E-state index is 0.00486. The first-order valence-electron chi connectivity index (χ1n) is 2.15. The van der Waals surface area contributed by atoms with E-state index in [1.165, 1.54) is 6.92 Å². The molecule has 3 nitrogen and oxygen atoms in total. The fraction of sp³-hybridized carbons (Fsp3) is 0.750. The molecule has 0 saturated carbocycles. The normalized spacial score (nSPS) is 12.9. The first-order valence-corrected chi connectivity index (χ1v) is 2.78. The van der Waals surface area contributed by atoms with Gasteiger partial charge in [-0.15, -0.1) is 0 Å². The number of hydrogen-bond donors (Lipinski definition) is 2. The van der Waals surface area contributed by atoms with Gasteiger partial charge in [0.25, 0.3) is 0 Å². The lowest BCUT2D eigenvalue weighted by Gasteiger charge is -2.02. The molecular formula is C4H8O3S. The maximum atomic E-state index is 10.2. The Labute approximate surface area is 53.1 Å². The quantitative estimate of drug-likeness (QED) is 0.314. The minimum atomic E-state index is -1.02. The molecule has 0 heterocycles. The fourth-order valence-electron chi connectivity index (χ4n) is 0.227. The third kappa shape index (κ3) is 3.95. The molecule has 1 unspecified atom stereocenters. The van der Waals surface area contributed by atoms with Crippen molar-refractivity contribution >= 4 is 18.6 Å². The molecule has 0 aliphatic rings. The van der Waals surface area contributed by atoms with Crippen LogP contribution in [0.5, 0.6) is 0 Å². The Hall–Kier alpha value is -0.220. The molecule has 0 bridgehead atoms. The van der Waals surface area contributed by atoms with Gasteiger partial charge in [-0.05, 0) is 6.92 Å². The van der Waals surface area contributed by atoms with Crippen LogP contribution in [0.1, 0.15) is 6.92 Å². The van der Waals surface area contributed by atoms with E-state index >= 15 is 0 Å². The highest BCUT2D eigenvalue weighted by molar-refractivity contribution is 7.81. The summed E-state index contributed by atoms with van der Waals surface area (Å²) in [6, 6.07) is 0. The number of carbonyl (C=O) groups is 1. The molecule has 8 heavy (non-hydrogen) atoms. The molecule has 0 aromatic heterocycles. The van der Waals surface area contributed by atoms with Gasteiger partial charge in [0.1, 0.15) is 0 Å². The topological polar surface area (TPSA) is 46.5 Å². The predicted molar refractivity (Wildman–Crippen MR) is 31.6 cm³/mol. The molecule has 1 atom stereocenters. The van der Waals surface area contributed by atoms with Crippen LogP contribution in [0, 0.1) is 0 Å². The molecule has 0 radical (unpaired) electrons. The Bertz CT molecular complexity index is 81.4. The van der Waals surface area contributed by atoms with Crippen LogP contribution in [0.4, 0.5) is 0 Å². The molecule has 0 aromatic carbocycles. The first-order chi connectivity index (χ1) is 3.66. The van der Waals surface area contributed by atoms with E-state index in [9.17, 15) is 4.79 Å². The van der Waals surface area contributed by atoms with E-state index in [1.807, 2.05) is 0 Å². The summed E-state index contributed by atoms with van der Waals surface area (Å²) >= 11 is 3.60. The summed E-state index contributed by atoms with van der Waals surface area (Å²) < 4.78 is 4.24. The second kappa shape index (κ2) is 3.74. The lowest BCUT2D eigenvalue weighted by atomic mass is 10.7. The van der Waals surface area contributed by atoms with Crippen molar-refractivity contribution in [1.82, 2.24) is 0 Å². The van der Waals surface area contributed by atoms with Gasteiger partial charge in [0.05, 0.1) is 5.75 Å².